The number of hydrogen-bond donors (Lipinski definition) is 2. The number of benzene rings is 1. The summed E-state index contributed by atoms with van der Waals surface area (Å²) in [6.07, 6.45) is 5.22. The minimum Gasteiger partial charge on any atom is -0.354 e. The molecular formula is C21H24N4O2. The van der Waals surface area contributed by atoms with Crippen molar-refractivity contribution >= 4 is 11.8 Å². The molecule has 6 nitrogen and oxygen atoms in total. The molecule has 0 unspecified atom stereocenters. The summed E-state index contributed by atoms with van der Waals surface area (Å²) < 4.78 is 0. The Hall–Kier alpha value is -2.76. The number of carbonyl (C=O) groups is 2. The Morgan fingerprint density at radius 2 is 1.89 bits per heavy atom. The van der Waals surface area contributed by atoms with E-state index in [1.807, 2.05) is 19.1 Å². The molecule has 2 amide bonds. The van der Waals surface area contributed by atoms with E-state index in [4.69, 9.17) is 4.98 Å². The van der Waals surface area contributed by atoms with Crippen LogP contribution in [0.4, 0.5) is 0 Å². The van der Waals surface area contributed by atoms with Crippen LogP contribution < -0.4 is 10.6 Å². The Morgan fingerprint density at radius 3 is 2.56 bits per heavy atom. The first kappa shape index (κ1) is 17.6. The second-order valence-corrected chi connectivity index (χ2v) is 7.42. The van der Waals surface area contributed by atoms with Crippen LogP contribution in [0.25, 0.3) is 11.4 Å². The molecule has 2 aliphatic rings. The zero-order valence-corrected chi connectivity index (χ0v) is 15.5. The monoisotopic (exact) mass is 364 g/mol. The van der Waals surface area contributed by atoms with Crippen LogP contribution in [0.5, 0.6) is 0 Å². The molecule has 1 aliphatic carbocycles. The number of rotatable bonds is 4. The molecule has 2 fully saturated rings. The first-order valence-electron chi connectivity index (χ1n) is 9.65. The van der Waals surface area contributed by atoms with E-state index in [0.717, 1.165) is 23.4 Å². The molecule has 1 saturated carbocycles. The molecule has 1 aromatic heterocycles. The van der Waals surface area contributed by atoms with Crippen molar-refractivity contribution in [2.24, 2.45) is 0 Å². The Balaban J connectivity index is 1.49. The van der Waals surface area contributed by atoms with Gasteiger partial charge in [0.15, 0.2) is 5.82 Å². The van der Waals surface area contributed by atoms with Gasteiger partial charge in [-0.25, -0.2) is 9.97 Å². The lowest BCUT2D eigenvalue weighted by atomic mass is 9.82. The van der Waals surface area contributed by atoms with Crippen molar-refractivity contribution < 1.29 is 9.59 Å². The molecular weight excluding hydrogens is 340 g/mol. The van der Waals surface area contributed by atoms with Gasteiger partial charge in [-0.05, 0) is 50.8 Å². The summed E-state index contributed by atoms with van der Waals surface area (Å²) in [6, 6.07) is 8.89. The lowest BCUT2D eigenvalue weighted by molar-refractivity contribution is -0.124. The quantitative estimate of drug-likeness (QED) is 0.874. The highest BCUT2D eigenvalue weighted by Gasteiger charge is 2.24. The van der Waals surface area contributed by atoms with Crippen LogP contribution >= 0.6 is 0 Å². The number of carbonyl (C=O) groups excluding carboxylic acids is 2. The van der Waals surface area contributed by atoms with Crippen molar-refractivity contribution in [1.29, 1.82) is 0 Å². The van der Waals surface area contributed by atoms with Crippen LogP contribution in [0, 0.1) is 6.92 Å². The van der Waals surface area contributed by atoms with Crippen LogP contribution in [0.15, 0.2) is 30.3 Å². The van der Waals surface area contributed by atoms with E-state index in [1.54, 1.807) is 12.1 Å². The molecule has 1 saturated heterocycles. The Bertz CT molecular complexity index is 859. The van der Waals surface area contributed by atoms with Crippen LogP contribution in [0.1, 0.15) is 59.8 Å². The van der Waals surface area contributed by atoms with Gasteiger partial charge in [-0.2, -0.15) is 0 Å². The summed E-state index contributed by atoms with van der Waals surface area (Å²) in [4.78, 5) is 33.5. The van der Waals surface area contributed by atoms with E-state index in [9.17, 15) is 9.59 Å². The highest BCUT2D eigenvalue weighted by Crippen LogP contribution is 2.36. The molecule has 6 heteroatoms. The molecule has 1 aromatic carbocycles. The standard InChI is InChI=1S/C21H24N4O2/c1-13-12-18(14-4-2-5-14)24-19(23-13)15-7-9-16(10-8-15)20(26)25-17-6-3-11-22-21(17)27/h7-10,12,14,17H,2-6,11H2,1H3,(H,22,27)(H,25,26)/t17-/m0/s1. The van der Waals surface area contributed by atoms with Gasteiger partial charge in [-0.1, -0.05) is 18.6 Å². The number of aryl methyl sites for hydroxylation is 1. The molecule has 1 aliphatic heterocycles. The van der Waals surface area contributed by atoms with Gasteiger partial charge < -0.3 is 10.6 Å². The van der Waals surface area contributed by atoms with Crippen LogP contribution in [-0.2, 0) is 4.79 Å². The second-order valence-electron chi connectivity index (χ2n) is 7.42. The Labute approximate surface area is 158 Å². The van der Waals surface area contributed by atoms with Crippen molar-refractivity contribution in [1.82, 2.24) is 20.6 Å². The maximum atomic E-state index is 12.4. The fraction of sp³-hybridized carbons (Fsp3) is 0.429. The molecule has 27 heavy (non-hydrogen) atoms. The van der Waals surface area contributed by atoms with Crippen LogP contribution in [0.2, 0.25) is 0 Å². The van der Waals surface area contributed by atoms with Gasteiger partial charge in [0.25, 0.3) is 5.91 Å². The number of aromatic nitrogens is 2. The first-order valence-corrected chi connectivity index (χ1v) is 9.65. The maximum absolute atomic E-state index is 12.4. The minimum absolute atomic E-state index is 0.108. The lowest BCUT2D eigenvalue weighted by Crippen LogP contribution is -2.50. The van der Waals surface area contributed by atoms with E-state index in [2.05, 4.69) is 21.7 Å². The van der Waals surface area contributed by atoms with E-state index in [-0.39, 0.29) is 11.8 Å². The third-order valence-corrected chi connectivity index (χ3v) is 5.39. The number of nitrogens with zero attached hydrogens (tertiary/aromatic N) is 2. The normalized spacial score (nSPS) is 19.9. The Morgan fingerprint density at radius 1 is 1.11 bits per heavy atom. The molecule has 4 rings (SSSR count). The number of hydrogen-bond acceptors (Lipinski definition) is 4. The zero-order valence-electron chi connectivity index (χ0n) is 15.5. The average Bonchev–Trinajstić information content (AvgIpc) is 2.62. The summed E-state index contributed by atoms with van der Waals surface area (Å²) in [7, 11) is 0. The largest absolute Gasteiger partial charge is 0.354 e. The fourth-order valence-electron chi connectivity index (χ4n) is 3.56. The minimum atomic E-state index is -0.448. The molecule has 1 atom stereocenters. The van der Waals surface area contributed by atoms with Crippen LogP contribution in [-0.4, -0.2) is 34.4 Å². The number of piperidine rings is 1. The van der Waals surface area contributed by atoms with Crippen LogP contribution in [0.3, 0.4) is 0 Å². The molecule has 0 bridgehead atoms. The topological polar surface area (TPSA) is 84.0 Å². The van der Waals surface area contributed by atoms with E-state index >= 15 is 0 Å². The predicted octanol–water partition coefficient (Wildman–Crippen LogP) is 2.73. The molecule has 2 heterocycles. The van der Waals surface area contributed by atoms with Gasteiger partial charge >= 0.3 is 0 Å². The predicted molar refractivity (Wildman–Crippen MR) is 102 cm³/mol. The van der Waals surface area contributed by atoms with Gasteiger partial charge in [0.1, 0.15) is 6.04 Å². The smallest absolute Gasteiger partial charge is 0.251 e. The SMILES string of the molecule is Cc1cc(C2CCC2)nc(-c2ccc(C(=O)N[C@H]3CCCNC3=O)cc2)n1. The van der Waals surface area contributed by atoms with Gasteiger partial charge in [0.2, 0.25) is 5.91 Å². The van der Waals surface area contributed by atoms with E-state index in [0.29, 0.717) is 30.3 Å². The molecule has 140 valence electrons. The van der Waals surface area contributed by atoms with Crippen molar-refractivity contribution in [3.8, 4) is 11.4 Å². The third kappa shape index (κ3) is 3.84. The fourth-order valence-corrected chi connectivity index (χ4v) is 3.56. The summed E-state index contributed by atoms with van der Waals surface area (Å²) >= 11 is 0. The highest BCUT2D eigenvalue weighted by atomic mass is 16.2. The maximum Gasteiger partial charge on any atom is 0.251 e. The average molecular weight is 364 g/mol. The zero-order chi connectivity index (χ0) is 18.8. The number of amides is 2. The molecule has 0 radical (unpaired) electrons. The van der Waals surface area contributed by atoms with Crippen molar-refractivity contribution in [3.05, 3.63) is 47.3 Å². The number of nitrogens with one attached hydrogen (secondary N) is 2. The van der Waals surface area contributed by atoms with Crippen molar-refractivity contribution in [2.75, 3.05) is 6.54 Å². The van der Waals surface area contributed by atoms with Gasteiger partial charge in [0, 0.05) is 35.0 Å². The third-order valence-electron chi connectivity index (χ3n) is 5.39. The summed E-state index contributed by atoms with van der Waals surface area (Å²) in [5.74, 6) is 0.916. The van der Waals surface area contributed by atoms with Gasteiger partial charge in [-0.15, -0.1) is 0 Å². The van der Waals surface area contributed by atoms with E-state index < -0.39 is 6.04 Å². The van der Waals surface area contributed by atoms with Gasteiger partial charge in [0.05, 0.1) is 0 Å². The molecule has 2 N–H and O–H groups in total. The molecule has 0 spiro atoms. The summed E-state index contributed by atoms with van der Waals surface area (Å²) in [6.45, 7) is 2.67. The molecule has 2 aromatic rings. The van der Waals surface area contributed by atoms with E-state index in [1.165, 1.54) is 19.3 Å². The summed E-state index contributed by atoms with van der Waals surface area (Å²) in [5, 5.41) is 5.59. The first-order chi connectivity index (χ1) is 13.1. The lowest BCUT2D eigenvalue weighted by Gasteiger charge is -2.25. The highest BCUT2D eigenvalue weighted by molar-refractivity contribution is 5.98. The summed E-state index contributed by atoms with van der Waals surface area (Å²) in [5.41, 5.74) is 3.51. The van der Waals surface area contributed by atoms with Crippen molar-refractivity contribution in [3.63, 3.8) is 0 Å². The van der Waals surface area contributed by atoms with Gasteiger partial charge in [-0.3, -0.25) is 9.59 Å². The Kier molecular flexibility index (Phi) is 4.88. The van der Waals surface area contributed by atoms with Crippen molar-refractivity contribution in [2.45, 2.75) is 51.0 Å². The second kappa shape index (κ2) is 7.47.